The van der Waals surface area contributed by atoms with Crippen LogP contribution in [0.3, 0.4) is 0 Å². The van der Waals surface area contributed by atoms with Crippen LogP contribution in [0.4, 0.5) is 24.8 Å². The number of piperazine rings is 1. The number of aromatic nitrogens is 4. The number of imidazole rings is 1. The quantitative estimate of drug-likeness (QED) is 0.629. The van der Waals surface area contributed by atoms with Crippen LogP contribution in [0.25, 0.3) is 11.4 Å². The van der Waals surface area contributed by atoms with Crippen molar-refractivity contribution >= 4 is 17.5 Å². The van der Waals surface area contributed by atoms with Crippen LogP contribution in [0.15, 0.2) is 42.7 Å². The van der Waals surface area contributed by atoms with E-state index in [9.17, 15) is 18.0 Å². The molecule has 1 amide bonds. The second-order valence-corrected chi connectivity index (χ2v) is 7.77. The van der Waals surface area contributed by atoms with Crippen molar-refractivity contribution < 1.29 is 18.0 Å². The number of hydrogen-bond acceptors (Lipinski definition) is 6. The van der Waals surface area contributed by atoms with Crippen molar-refractivity contribution in [3.05, 3.63) is 54.1 Å². The van der Waals surface area contributed by atoms with E-state index in [0.29, 0.717) is 30.0 Å². The van der Waals surface area contributed by atoms with Crippen molar-refractivity contribution in [3.63, 3.8) is 0 Å². The normalized spacial score (nSPS) is 15.0. The number of nitrogens with one attached hydrogen (secondary N) is 1. The van der Waals surface area contributed by atoms with E-state index in [1.807, 2.05) is 11.9 Å². The average Bonchev–Trinajstić information content (AvgIpc) is 3.25. The molecule has 1 N–H and O–H groups in total. The number of amides is 1. The fourth-order valence-electron chi connectivity index (χ4n) is 3.71. The van der Waals surface area contributed by atoms with Crippen LogP contribution in [0.1, 0.15) is 23.1 Å². The summed E-state index contributed by atoms with van der Waals surface area (Å²) in [7, 11) is 2.03. The number of hydrogen-bond donors (Lipinski definition) is 1. The van der Waals surface area contributed by atoms with Gasteiger partial charge < -0.3 is 19.7 Å². The number of likely N-dealkylation sites (N-methyl/N-ethyl adjacent to an activating group) is 1. The molecule has 4 rings (SSSR count). The molecular formula is C22H24F3N7O. The molecule has 0 bridgehead atoms. The van der Waals surface area contributed by atoms with Crippen LogP contribution < -0.4 is 5.32 Å². The van der Waals surface area contributed by atoms with Crippen LogP contribution >= 0.6 is 0 Å². The molecule has 0 radical (unpaired) electrons. The van der Waals surface area contributed by atoms with Crippen molar-refractivity contribution in [2.45, 2.75) is 19.6 Å². The third kappa shape index (κ3) is 4.98. The number of halogens is 3. The Morgan fingerprint density at radius 2 is 1.76 bits per heavy atom. The summed E-state index contributed by atoms with van der Waals surface area (Å²) in [5.74, 6) is -0.752. The Balaban J connectivity index is 1.49. The summed E-state index contributed by atoms with van der Waals surface area (Å²) >= 11 is 0. The number of carbonyl (C=O) groups excluding carboxylic acids is 1. The number of carbonyl (C=O) groups is 1. The smallest absolute Gasteiger partial charge is 0.336 e. The van der Waals surface area contributed by atoms with Gasteiger partial charge in [0.2, 0.25) is 11.8 Å². The molecule has 8 nitrogen and oxygen atoms in total. The van der Waals surface area contributed by atoms with Gasteiger partial charge >= 0.3 is 6.18 Å². The van der Waals surface area contributed by atoms with E-state index in [4.69, 9.17) is 0 Å². The maximum Gasteiger partial charge on any atom is 0.449 e. The predicted molar refractivity (Wildman–Crippen MR) is 117 cm³/mol. The number of benzene rings is 1. The molecule has 0 atom stereocenters. The lowest BCUT2D eigenvalue weighted by Crippen LogP contribution is -2.47. The van der Waals surface area contributed by atoms with E-state index >= 15 is 0 Å². The van der Waals surface area contributed by atoms with Crippen molar-refractivity contribution in [3.8, 4) is 11.4 Å². The van der Waals surface area contributed by atoms with Crippen molar-refractivity contribution in [1.29, 1.82) is 0 Å². The summed E-state index contributed by atoms with van der Waals surface area (Å²) in [6.45, 7) is 4.80. The maximum atomic E-state index is 13.2. The summed E-state index contributed by atoms with van der Waals surface area (Å²) in [5.41, 5.74) is 1.82. The first-order valence-electron chi connectivity index (χ1n) is 10.6. The zero-order valence-corrected chi connectivity index (χ0v) is 18.3. The summed E-state index contributed by atoms with van der Waals surface area (Å²) in [6.07, 6.45) is -1.92. The lowest BCUT2D eigenvalue weighted by atomic mass is 10.1. The first kappa shape index (κ1) is 22.7. The molecule has 1 saturated heterocycles. The molecule has 1 aliphatic heterocycles. The van der Waals surface area contributed by atoms with Crippen molar-refractivity contribution in [2.24, 2.45) is 0 Å². The Bertz CT molecular complexity index is 1120. The SMILES string of the molecule is CCn1c(-c2ccnc(Nc3ccc(C(=O)N4CCN(C)CC4)cc3)n2)cnc1C(F)(F)F. The lowest BCUT2D eigenvalue weighted by molar-refractivity contribution is -0.147. The Morgan fingerprint density at radius 3 is 2.39 bits per heavy atom. The minimum Gasteiger partial charge on any atom is -0.336 e. The van der Waals surface area contributed by atoms with Gasteiger partial charge in [-0.3, -0.25) is 4.79 Å². The Labute approximate surface area is 189 Å². The summed E-state index contributed by atoms with van der Waals surface area (Å²) < 4.78 is 40.7. The molecule has 33 heavy (non-hydrogen) atoms. The van der Waals surface area contributed by atoms with E-state index < -0.39 is 12.0 Å². The van der Waals surface area contributed by atoms with Crippen LogP contribution in [0.5, 0.6) is 0 Å². The topological polar surface area (TPSA) is 79.2 Å². The molecule has 0 aliphatic carbocycles. The Kier molecular flexibility index (Phi) is 6.32. The van der Waals surface area contributed by atoms with Crippen molar-refractivity contribution in [1.82, 2.24) is 29.3 Å². The molecule has 1 fully saturated rings. The number of nitrogens with zero attached hydrogens (tertiary/aromatic N) is 6. The second-order valence-electron chi connectivity index (χ2n) is 7.77. The van der Waals surface area contributed by atoms with Gasteiger partial charge in [0.05, 0.1) is 17.6 Å². The van der Waals surface area contributed by atoms with Crippen LogP contribution in [0.2, 0.25) is 0 Å². The van der Waals surface area contributed by atoms with E-state index in [1.165, 1.54) is 12.3 Å². The monoisotopic (exact) mass is 459 g/mol. The Hall–Kier alpha value is -3.47. The third-order valence-electron chi connectivity index (χ3n) is 5.52. The molecular weight excluding hydrogens is 435 g/mol. The minimum atomic E-state index is -4.55. The summed E-state index contributed by atoms with van der Waals surface area (Å²) in [6, 6.07) is 8.49. The molecule has 174 valence electrons. The fourth-order valence-corrected chi connectivity index (χ4v) is 3.71. The maximum absolute atomic E-state index is 13.2. The Morgan fingerprint density at radius 1 is 1.06 bits per heavy atom. The van der Waals surface area contributed by atoms with Crippen LogP contribution in [-0.4, -0.2) is 68.5 Å². The van der Waals surface area contributed by atoms with Gasteiger partial charge in [-0.25, -0.2) is 15.0 Å². The first-order chi connectivity index (χ1) is 15.8. The molecule has 0 unspecified atom stereocenters. The van der Waals surface area contributed by atoms with E-state index in [-0.39, 0.29) is 24.1 Å². The summed E-state index contributed by atoms with van der Waals surface area (Å²) in [4.78, 5) is 28.7. The number of anilines is 2. The highest BCUT2D eigenvalue weighted by Gasteiger charge is 2.37. The number of alkyl halides is 3. The van der Waals surface area contributed by atoms with E-state index in [2.05, 4.69) is 25.2 Å². The van der Waals surface area contributed by atoms with Gasteiger partial charge in [-0.05, 0) is 44.3 Å². The van der Waals surface area contributed by atoms with Crippen molar-refractivity contribution in [2.75, 3.05) is 38.5 Å². The zero-order valence-electron chi connectivity index (χ0n) is 18.3. The van der Waals surface area contributed by atoms with Gasteiger partial charge in [0.25, 0.3) is 5.91 Å². The molecule has 1 aromatic carbocycles. The standard InChI is InChI=1S/C22H24F3N7O/c1-3-32-18(14-27-20(32)22(23,24)25)17-8-9-26-21(29-17)28-16-6-4-15(5-7-16)19(33)31-12-10-30(2)11-13-31/h4-9,14H,3,10-13H2,1-2H3,(H,26,28,29). The molecule has 0 saturated carbocycles. The van der Waals surface area contributed by atoms with Gasteiger partial charge in [-0.1, -0.05) is 0 Å². The third-order valence-corrected chi connectivity index (χ3v) is 5.52. The number of rotatable bonds is 5. The molecule has 0 spiro atoms. The first-order valence-corrected chi connectivity index (χ1v) is 10.6. The second kappa shape index (κ2) is 9.18. The molecule has 2 aromatic heterocycles. The molecule has 1 aliphatic rings. The molecule has 11 heteroatoms. The molecule has 3 aromatic rings. The predicted octanol–water partition coefficient (Wildman–Crippen LogP) is 3.51. The lowest BCUT2D eigenvalue weighted by Gasteiger charge is -2.32. The largest absolute Gasteiger partial charge is 0.449 e. The van der Waals surface area contributed by atoms with Gasteiger partial charge in [-0.2, -0.15) is 13.2 Å². The fraction of sp³-hybridized carbons (Fsp3) is 0.364. The summed E-state index contributed by atoms with van der Waals surface area (Å²) in [5, 5.41) is 3.03. The van der Waals surface area contributed by atoms with Gasteiger partial charge in [0.15, 0.2) is 0 Å². The highest BCUT2D eigenvalue weighted by Crippen LogP contribution is 2.31. The van der Waals surface area contributed by atoms with Gasteiger partial charge in [0.1, 0.15) is 0 Å². The van der Waals surface area contributed by atoms with Gasteiger partial charge in [-0.15, -0.1) is 0 Å². The van der Waals surface area contributed by atoms with Crippen LogP contribution in [0, 0.1) is 0 Å². The van der Waals surface area contributed by atoms with Gasteiger partial charge in [0, 0.05) is 50.2 Å². The average molecular weight is 459 g/mol. The zero-order chi connectivity index (χ0) is 23.6. The molecule has 3 heterocycles. The minimum absolute atomic E-state index is 0.0128. The van der Waals surface area contributed by atoms with Crippen LogP contribution in [-0.2, 0) is 12.7 Å². The van der Waals surface area contributed by atoms with E-state index in [1.54, 1.807) is 31.2 Å². The van der Waals surface area contributed by atoms with E-state index in [0.717, 1.165) is 23.9 Å². The highest BCUT2D eigenvalue weighted by molar-refractivity contribution is 5.94. The highest BCUT2D eigenvalue weighted by atomic mass is 19.4.